The molecule has 0 saturated heterocycles. The fraction of sp³-hybridized carbons (Fsp3) is 0.500. The third-order valence-electron chi connectivity index (χ3n) is 4.08. The second kappa shape index (κ2) is 10.5. The number of oxazole rings is 1. The van der Waals surface area contributed by atoms with Crippen LogP contribution in [0, 0.1) is 0 Å². The van der Waals surface area contributed by atoms with E-state index in [0.29, 0.717) is 12.4 Å². The van der Waals surface area contributed by atoms with Crippen LogP contribution in [-0.4, -0.2) is 38.6 Å². The van der Waals surface area contributed by atoms with Crippen LogP contribution in [0.1, 0.15) is 38.0 Å². The van der Waals surface area contributed by atoms with Gasteiger partial charge in [0.05, 0.1) is 12.7 Å². The second-order valence-electron chi connectivity index (χ2n) is 7.53. The number of guanidine groups is 1. The van der Waals surface area contributed by atoms with Gasteiger partial charge < -0.3 is 20.0 Å². The number of nitrogens with zero attached hydrogens (tertiary/aromatic N) is 3. The van der Waals surface area contributed by atoms with E-state index in [0.717, 1.165) is 24.7 Å². The molecule has 1 heterocycles. The van der Waals surface area contributed by atoms with Crippen LogP contribution in [0.5, 0.6) is 0 Å². The van der Waals surface area contributed by atoms with E-state index in [2.05, 4.69) is 70.5 Å². The van der Waals surface area contributed by atoms with E-state index in [1.807, 2.05) is 14.1 Å². The summed E-state index contributed by atoms with van der Waals surface area (Å²) in [5.74, 6) is 2.29. The lowest BCUT2D eigenvalue weighted by Crippen LogP contribution is -2.37. The van der Waals surface area contributed by atoms with Crippen LogP contribution in [0.25, 0.3) is 0 Å². The number of hydrogen-bond donors (Lipinski definition) is 2. The molecule has 27 heavy (non-hydrogen) atoms. The van der Waals surface area contributed by atoms with Gasteiger partial charge in [0.1, 0.15) is 5.76 Å². The standard InChI is InChI=1S/C20H31N5O.HI/c1-20(2,3)17-13-23-18(26-17)14-24-19(21-4)22-12-11-15-7-9-16(10-8-15)25(5)6;/h7-10,13H,11-12,14H2,1-6H3,(H2,21,22,24);1H. The molecule has 0 unspecified atom stereocenters. The van der Waals surface area contributed by atoms with Gasteiger partial charge in [-0.1, -0.05) is 32.9 Å². The number of anilines is 1. The molecule has 2 N–H and O–H groups in total. The highest BCUT2D eigenvalue weighted by molar-refractivity contribution is 14.0. The van der Waals surface area contributed by atoms with Crippen LogP contribution in [-0.2, 0) is 18.4 Å². The zero-order chi connectivity index (χ0) is 19.2. The molecule has 0 amide bonds. The summed E-state index contributed by atoms with van der Waals surface area (Å²) in [6.45, 7) is 7.63. The number of halogens is 1. The third kappa shape index (κ3) is 7.40. The minimum atomic E-state index is -0.0344. The summed E-state index contributed by atoms with van der Waals surface area (Å²) >= 11 is 0. The van der Waals surface area contributed by atoms with Crippen molar-refractivity contribution in [1.82, 2.24) is 15.6 Å². The number of hydrogen-bond acceptors (Lipinski definition) is 4. The lowest BCUT2D eigenvalue weighted by atomic mass is 9.94. The number of nitrogens with one attached hydrogen (secondary N) is 2. The van der Waals surface area contributed by atoms with Gasteiger partial charge in [0, 0.05) is 38.8 Å². The highest BCUT2D eigenvalue weighted by Crippen LogP contribution is 2.22. The Hall–Kier alpha value is -1.77. The summed E-state index contributed by atoms with van der Waals surface area (Å²) < 4.78 is 5.79. The number of aromatic nitrogens is 1. The fourth-order valence-corrected chi connectivity index (χ4v) is 2.40. The molecule has 0 aliphatic rings. The summed E-state index contributed by atoms with van der Waals surface area (Å²) in [4.78, 5) is 10.7. The van der Waals surface area contributed by atoms with Gasteiger partial charge in [0.2, 0.25) is 5.89 Å². The monoisotopic (exact) mass is 485 g/mol. The molecule has 0 bridgehead atoms. The Morgan fingerprint density at radius 1 is 1.15 bits per heavy atom. The summed E-state index contributed by atoms with van der Waals surface area (Å²) in [6.07, 6.45) is 2.73. The average molecular weight is 485 g/mol. The first-order valence-electron chi connectivity index (χ1n) is 8.95. The maximum Gasteiger partial charge on any atom is 0.213 e. The zero-order valence-corrected chi connectivity index (χ0v) is 19.5. The van der Waals surface area contributed by atoms with Crippen LogP contribution in [0.4, 0.5) is 5.69 Å². The molecule has 6 nitrogen and oxygen atoms in total. The molecule has 1 aromatic heterocycles. The Morgan fingerprint density at radius 2 is 1.81 bits per heavy atom. The first-order valence-corrected chi connectivity index (χ1v) is 8.95. The Labute approximate surface area is 179 Å². The molecular weight excluding hydrogens is 453 g/mol. The van der Waals surface area contributed by atoms with E-state index in [9.17, 15) is 0 Å². The molecule has 0 fully saturated rings. The molecule has 0 saturated carbocycles. The number of benzene rings is 1. The van der Waals surface area contributed by atoms with E-state index in [-0.39, 0.29) is 29.4 Å². The SMILES string of the molecule is CN=C(NCCc1ccc(N(C)C)cc1)NCc1ncc(C(C)(C)C)o1.I. The van der Waals surface area contributed by atoms with Crippen molar-refractivity contribution >= 4 is 35.6 Å². The van der Waals surface area contributed by atoms with Gasteiger partial charge in [-0.25, -0.2) is 4.98 Å². The molecule has 2 rings (SSSR count). The maximum atomic E-state index is 5.79. The minimum Gasteiger partial charge on any atom is -0.443 e. The van der Waals surface area contributed by atoms with Crippen molar-refractivity contribution in [2.45, 2.75) is 39.2 Å². The molecule has 0 radical (unpaired) electrons. The van der Waals surface area contributed by atoms with Crippen LogP contribution < -0.4 is 15.5 Å². The van der Waals surface area contributed by atoms with Crippen molar-refractivity contribution in [3.8, 4) is 0 Å². The smallest absolute Gasteiger partial charge is 0.213 e. The molecule has 0 aliphatic heterocycles. The van der Waals surface area contributed by atoms with Crippen molar-refractivity contribution in [3.63, 3.8) is 0 Å². The van der Waals surface area contributed by atoms with Crippen molar-refractivity contribution in [2.75, 3.05) is 32.6 Å². The summed E-state index contributed by atoms with van der Waals surface area (Å²) in [7, 11) is 5.85. The van der Waals surface area contributed by atoms with Gasteiger partial charge in [-0.15, -0.1) is 24.0 Å². The van der Waals surface area contributed by atoms with Crippen molar-refractivity contribution < 1.29 is 4.42 Å². The van der Waals surface area contributed by atoms with E-state index in [1.54, 1.807) is 13.2 Å². The Bertz CT molecular complexity index is 717. The molecule has 0 spiro atoms. The van der Waals surface area contributed by atoms with Crippen LogP contribution in [0.15, 0.2) is 39.9 Å². The highest BCUT2D eigenvalue weighted by Gasteiger charge is 2.19. The Morgan fingerprint density at radius 3 is 2.33 bits per heavy atom. The topological polar surface area (TPSA) is 65.7 Å². The molecule has 1 aromatic carbocycles. The Balaban J connectivity index is 0.00000364. The van der Waals surface area contributed by atoms with Gasteiger partial charge in [0.15, 0.2) is 5.96 Å². The largest absolute Gasteiger partial charge is 0.443 e. The molecular formula is C20H32IN5O. The van der Waals surface area contributed by atoms with Crippen LogP contribution in [0.2, 0.25) is 0 Å². The molecule has 2 aromatic rings. The van der Waals surface area contributed by atoms with Gasteiger partial charge in [-0.05, 0) is 24.1 Å². The molecule has 7 heteroatoms. The highest BCUT2D eigenvalue weighted by atomic mass is 127. The van der Waals surface area contributed by atoms with Crippen LogP contribution >= 0.6 is 24.0 Å². The quantitative estimate of drug-likeness (QED) is 0.372. The fourth-order valence-electron chi connectivity index (χ4n) is 2.40. The number of rotatable bonds is 6. The first kappa shape index (κ1) is 23.3. The normalized spacial score (nSPS) is 11.7. The minimum absolute atomic E-state index is 0. The van der Waals surface area contributed by atoms with Crippen molar-refractivity contribution in [1.29, 1.82) is 0 Å². The predicted octanol–water partition coefficient (Wildman–Crippen LogP) is 3.56. The van der Waals surface area contributed by atoms with Gasteiger partial charge in [-0.3, -0.25) is 4.99 Å². The summed E-state index contributed by atoms with van der Waals surface area (Å²) in [5, 5.41) is 6.56. The Kier molecular flexibility index (Phi) is 9.08. The van der Waals surface area contributed by atoms with Crippen molar-refractivity contribution in [3.05, 3.63) is 47.7 Å². The van der Waals surface area contributed by atoms with Gasteiger partial charge in [0.25, 0.3) is 0 Å². The van der Waals surface area contributed by atoms with Gasteiger partial charge >= 0.3 is 0 Å². The molecule has 0 aliphatic carbocycles. The summed E-state index contributed by atoms with van der Waals surface area (Å²) in [6, 6.07) is 8.59. The van der Waals surface area contributed by atoms with Gasteiger partial charge in [-0.2, -0.15) is 0 Å². The molecule has 0 atom stereocenters. The lowest BCUT2D eigenvalue weighted by molar-refractivity contribution is 0.379. The van der Waals surface area contributed by atoms with Crippen molar-refractivity contribution in [2.24, 2.45) is 4.99 Å². The molecule has 150 valence electrons. The average Bonchev–Trinajstić information content (AvgIpc) is 3.07. The summed E-state index contributed by atoms with van der Waals surface area (Å²) in [5.41, 5.74) is 2.47. The lowest BCUT2D eigenvalue weighted by Gasteiger charge is -2.14. The van der Waals surface area contributed by atoms with E-state index >= 15 is 0 Å². The second-order valence-corrected chi connectivity index (χ2v) is 7.53. The van der Waals surface area contributed by atoms with E-state index in [1.165, 1.54) is 11.3 Å². The number of aliphatic imine (C=N–C) groups is 1. The maximum absolute atomic E-state index is 5.79. The van der Waals surface area contributed by atoms with E-state index < -0.39 is 0 Å². The zero-order valence-electron chi connectivity index (χ0n) is 17.2. The first-order chi connectivity index (χ1) is 12.3. The van der Waals surface area contributed by atoms with E-state index in [4.69, 9.17) is 4.42 Å². The predicted molar refractivity (Wildman–Crippen MR) is 123 cm³/mol. The van der Waals surface area contributed by atoms with Crippen LogP contribution in [0.3, 0.4) is 0 Å². The third-order valence-corrected chi connectivity index (χ3v) is 4.08.